The number of ether oxygens (including phenoxy) is 2. The molecule has 0 aromatic heterocycles. The first-order valence-corrected chi connectivity index (χ1v) is 7.66. The Labute approximate surface area is 137 Å². The lowest BCUT2D eigenvalue weighted by atomic mass is 9.95. The van der Waals surface area contributed by atoms with Crippen LogP contribution in [0.3, 0.4) is 0 Å². The van der Waals surface area contributed by atoms with Gasteiger partial charge in [-0.25, -0.2) is 0 Å². The van der Waals surface area contributed by atoms with E-state index in [9.17, 15) is 4.79 Å². The molecule has 0 saturated heterocycles. The van der Waals surface area contributed by atoms with Crippen LogP contribution in [0.1, 0.15) is 29.7 Å². The molecule has 0 spiro atoms. The molecule has 0 fully saturated rings. The zero-order chi connectivity index (χ0) is 16.5. The molecule has 2 aromatic carbocycles. The first kappa shape index (κ1) is 17.2. The number of amides is 1. The Balaban J connectivity index is 2.21. The third-order valence-corrected chi connectivity index (χ3v) is 3.53. The SMILES string of the molecule is COCOC[C@@H](NC(C)=O)c1ccccc1Cc1ccccc1. The lowest BCUT2D eigenvalue weighted by Gasteiger charge is -2.21. The quantitative estimate of drug-likeness (QED) is 0.602. The van der Waals surface area contributed by atoms with Crippen molar-refractivity contribution >= 4 is 5.91 Å². The van der Waals surface area contributed by atoms with Crippen LogP contribution >= 0.6 is 0 Å². The van der Waals surface area contributed by atoms with Crippen LogP contribution < -0.4 is 5.32 Å². The molecular formula is C19H23NO3. The topological polar surface area (TPSA) is 47.6 Å². The standard InChI is InChI=1S/C19H23NO3/c1-15(21)20-19(13-23-14-22-2)18-11-7-6-10-17(18)12-16-8-4-3-5-9-16/h3-11,19H,12-14H2,1-2H3,(H,20,21)/t19-/m1/s1. The van der Waals surface area contributed by atoms with Crippen LogP contribution in [0.4, 0.5) is 0 Å². The minimum absolute atomic E-state index is 0.0782. The highest BCUT2D eigenvalue weighted by Crippen LogP contribution is 2.21. The zero-order valence-corrected chi connectivity index (χ0v) is 13.6. The van der Waals surface area contributed by atoms with Gasteiger partial charge < -0.3 is 14.8 Å². The monoisotopic (exact) mass is 313 g/mol. The number of carbonyl (C=O) groups excluding carboxylic acids is 1. The van der Waals surface area contributed by atoms with E-state index in [1.165, 1.54) is 18.1 Å². The Bertz CT molecular complexity index is 613. The maximum Gasteiger partial charge on any atom is 0.217 e. The molecule has 122 valence electrons. The first-order chi connectivity index (χ1) is 11.2. The molecule has 1 amide bonds. The van der Waals surface area contributed by atoms with E-state index in [1.807, 2.05) is 36.4 Å². The molecule has 0 aliphatic carbocycles. The lowest BCUT2D eigenvalue weighted by Crippen LogP contribution is -2.30. The zero-order valence-electron chi connectivity index (χ0n) is 13.6. The second-order valence-electron chi connectivity index (χ2n) is 5.39. The summed E-state index contributed by atoms with van der Waals surface area (Å²) in [5.41, 5.74) is 3.49. The molecule has 0 bridgehead atoms. The van der Waals surface area contributed by atoms with E-state index in [-0.39, 0.29) is 18.7 Å². The molecule has 4 heteroatoms. The van der Waals surface area contributed by atoms with Crippen molar-refractivity contribution in [3.63, 3.8) is 0 Å². The highest BCUT2D eigenvalue weighted by molar-refractivity contribution is 5.73. The molecule has 0 heterocycles. The largest absolute Gasteiger partial charge is 0.359 e. The maximum absolute atomic E-state index is 11.5. The number of hydrogen-bond donors (Lipinski definition) is 1. The van der Waals surface area contributed by atoms with Crippen LogP contribution in [0.2, 0.25) is 0 Å². The van der Waals surface area contributed by atoms with Gasteiger partial charge in [-0.15, -0.1) is 0 Å². The van der Waals surface area contributed by atoms with Crippen LogP contribution in [0, 0.1) is 0 Å². The molecule has 0 saturated carbocycles. The molecule has 1 N–H and O–H groups in total. The Morgan fingerprint density at radius 3 is 2.48 bits per heavy atom. The smallest absolute Gasteiger partial charge is 0.217 e. The number of methoxy groups -OCH3 is 1. The van der Waals surface area contributed by atoms with Crippen LogP contribution in [0.5, 0.6) is 0 Å². The van der Waals surface area contributed by atoms with E-state index in [4.69, 9.17) is 9.47 Å². The molecule has 1 atom stereocenters. The van der Waals surface area contributed by atoms with Gasteiger partial charge in [0.25, 0.3) is 0 Å². The number of carbonyl (C=O) groups is 1. The van der Waals surface area contributed by atoms with Gasteiger partial charge in [0.2, 0.25) is 5.91 Å². The summed E-state index contributed by atoms with van der Waals surface area (Å²) in [6, 6.07) is 18.2. The van der Waals surface area contributed by atoms with Crippen molar-refractivity contribution in [1.82, 2.24) is 5.32 Å². The van der Waals surface area contributed by atoms with E-state index in [2.05, 4.69) is 23.5 Å². The average molecular weight is 313 g/mol. The number of rotatable bonds is 8. The number of benzene rings is 2. The van der Waals surface area contributed by atoms with Crippen molar-refractivity contribution in [2.45, 2.75) is 19.4 Å². The Morgan fingerprint density at radius 2 is 1.78 bits per heavy atom. The minimum Gasteiger partial charge on any atom is -0.359 e. The van der Waals surface area contributed by atoms with Gasteiger partial charge in [-0.2, -0.15) is 0 Å². The van der Waals surface area contributed by atoms with E-state index in [1.54, 1.807) is 7.11 Å². The van der Waals surface area contributed by atoms with Crippen molar-refractivity contribution in [2.75, 3.05) is 20.5 Å². The van der Waals surface area contributed by atoms with Gasteiger partial charge in [-0.05, 0) is 23.1 Å². The van der Waals surface area contributed by atoms with Gasteiger partial charge in [0.15, 0.2) is 0 Å². The summed E-state index contributed by atoms with van der Waals surface area (Å²) in [5, 5.41) is 2.96. The average Bonchev–Trinajstić information content (AvgIpc) is 2.55. The predicted molar refractivity (Wildman–Crippen MR) is 90.1 cm³/mol. The number of hydrogen-bond acceptors (Lipinski definition) is 3. The van der Waals surface area contributed by atoms with E-state index in [0.717, 1.165) is 12.0 Å². The van der Waals surface area contributed by atoms with Crippen LogP contribution in [-0.2, 0) is 20.7 Å². The summed E-state index contributed by atoms with van der Waals surface area (Å²) in [6.45, 7) is 2.10. The van der Waals surface area contributed by atoms with Crippen molar-refractivity contribution in [2.24, 2.45) is 0 Å². The maximum atomic E-state index is 11.5. The molecular weight excluding hydrogens is 290 g/mol. The summed E-state index contributed by atoms with van der Waals surface area (Å²) in [5.74, 6) is -0.0782. The highest BCUT2D eigenvalue weighted by Gasteiger charge is 2.16. The van der Waals surface area contributed by atoms with Gasteiger partial charge in [-0.3, -0.25) is 4.79 Å². The van der Waals surface area contributed by atoms with Gasteiger partial charge in [0, 0.05) is 14.0 Å². The van der Waals surface area contributed by atoms with Crippen molar-refractivity contribution in [3.8, 4) is 0 Å². The predicted octanol–water partition coefficient (Wildman–Crippen LogP) is 3.08. The summed E-state index contributed by atoms with van der Waals surface area (Å²) in [7, 11) is 1.58. The van der Waals surface area contributed by atoms with E-state index < -0.39 is 0 Å². The second-order valence-corrected chi connectivity index (χ2v) is 5.39. The third kappa shape index (κ3) is 5.51. The molecule has 0 aliphatic rings. The molecule has 0 unspecified atom stereocenters. The molecule has 2 aromatic rings. The van der Waals surface area contributed by atoms with Crippen LogP contribution in [-0.4, -0.2) is 26.4 Å². The Morgan fingerprint density at radius 1 is 1.09 bits per heavy atom. The van der Waals surface area contributed by atoms with Gasteiger partial charge in [-0.1, -0.05) is 54.6 Å². The first-order valence-electron chi connectivity index (χ1n) is 7.66. The molecule has 4 nitrogen and oxygen atoms in total. The molecule has 23 heavy (non-hydrogen) atoms. The van der Waals surface area contributed by atoms with Crippen molar-refractivity contribution < 1.29 is 14.3 Å². The molecule has 0 radical (unpaired) electrons. The van der Waals surface area contributed by atoms with Crippen LogP contribution in [0.15, 0.2) is 54.6 Å². The highest BCUT2D eigenvalue weighted by atomic mass is 16.7. The van der Waals surface area contributed by atoms with Crippen molar-refractivity contribution in [1.29, 1.82) is 0 Å². The normalized spacial score (nSPS) is 11.9. The van der Waals surface area contributed by atoms with Gasteiger partial charge >= 0.3 is 0 Å². The van der Waals surface area contributed by atoms with E-state index in [0.29, 0.717) is 6.61 Å². The lowest BCUT2D eigenvalue weighted by molar-refractivity contribution is -0.120. The molecule has 2 rings (SSSR count). The Kier molecular flexibility index (Phi) is 6.78. The fourth-order valence-electron chi connectivity index (χ4n) is 2.55. The Hall–Kier alpha value is -2.17. The van der Waals surface area contributed by atoms with Gasteiger partial charge in [0.05, 0.1) is 12.6 Å². The summed E-state index contributed by atoms with van der Waals surface area (Å²) < 4.78 is 10.4. The van der Waals surface area contributed by atoms with Crippen LogP contribution in [0.25, 0.3) is 0 Å². The van der Waals surface area contributed by atoms with E-state index >= 15 is 0 Å². The summed E-state index contributed by atoms with van der Waals surface area (Å²) >= 11 is 0. The second kappa shape index (κ2) is 9.08. The fourth-order valence-corrected chi connectivity index (χ4v) is 2.55. The van der Waals surface area contributed by atoms with Gasteiger partial charge in [0.1, 0.15) is 6.79 Å². The molecule has 0 aliphatic heterocycles. The van der Waals surface area contributed by atoms with Crippen molar-refractivity contribution in [3.05, 3.63) is 71.3 Å². The fraction of sp³-hybridized carbons (Fsp3) is 0.316. The third-order valence-electron chi connectivity index (χ3n) is 3.53. The summed E-state index contributed by atoms with van der Waals surface area (Å²) in [6.07, 6.45) is 0.817. The summed E-state index contributed by atoms with van der Waals surface area (Å²) in [4.78, 5) is 11.5. The minimum atomic E-state index is -0.192. The number of nitrogens with one attached hydrogen (secondary N) is 1.